The molecule has 0 aromatic heterocycles. The zero-order valence-electron chi connectivity index (χ0n) is 9.33. The van der Waals surface area contributed by atoms with Crippen molar-refractivity contribution in [2.75, 3.05) is 12.8 Å². The van der Waals surface area contributed by atoms with E-state index < -0.39 is 0 Å². The summed E-state index contributed by atoms with van der Waals surface area (Å²) in [5.74, 6) is 1.22. The number of hydrogen-bond donors (Lipinski definition) is 1. The first-order valence-corrected chi connectivity index (χ1v) is 6.20. The highest BCUT2D eigenvalue weighted by molar-refractivity contribution is 8.93. The largest absolute Gasteiger partial charge is 0.455 e. The fourth-order valence-corrected chi connectivity index (χ4v) is 1.90. The monoisotopic (exact) mass is 319 g/mol. The quantitative estimate of drug-likeness (QED) is 0.846. The molecule has 0 saturated heterocycles. The molecule has 0 spiro atoms. The van der Waals surface area contributed by atoms with E-state index in [9.17, 15) is 4.79 Å². The van der Waals surface area contributed by atoms with Crippen molar-refractivity contribution in [3.8, 4) is 0 Å². The Balaban J connectivity index is 0.00000144. The van der Waals surface area contributed by atoms with Crippen LogP contribution in [0, 0.1) is 0 Å². The maximum absolute atomic E-state index is 10.7. The molecular formula is C10H14BrN3O2S. The van der Waals surface area contributed by atoms with Crippen molar-refractivity contribution in [3.05, 3.63) is 24.1 Å². The molecule has 17 heavy (non-hydrogen) atoms. The van der Waals surface area contributed by atoms with Crippen LogP contribution in [0.2, 0.25) is 0 Å². The molecule has 2 rings (SSSR count). The van der Waals surface area contributed by atoms with Crippen LogP contribution in [-0.4, -0.2) is 35.0 Å². The van der Waals surface area contributed by atoms with Crippen molar-refractivity contribution in [2.45, 2.75) is 12.0 Å². The first-order valence-electron chi connectivity index (χ1n) is 4.92. The van der Waals surface area contributed by atoms with Crippen LogP contribution in [0.1, 0.15) is 6.42 Å². The van der Waals surface area contributed by atoms with Gasteiger partial charge < -0.3 is 15.4 Å². The van der Waals surface area contributed by atoms with Gasteiger partial charge in [0, 0.05) is 19.2 Å². The number of aliphatic imine (C=N–C) groups is 1. The van der Waals surface area contributed by atoms with Gasteiger partial charge in [0.1, 0.15) is 0 Å². The molecule has 2 aliphatic heterocycles. The number of fused-ring (bicyclic) bond motifs is 1. The molecule has 0 aromatic rings. The summed E-state index contributed by atoms with van der Waals surface area (Å²) in [7, 11) is 0. The van der Waals surface area contributed by atoms with Gasteiger partial charge in [0.25, 0.3) is 0 Å². The molecule has 0 radical (unpaired) electrons. The maximum atomic E-state index is 10.7. The summed E-state index contributed by atoms with van der Waals surface area (Å²) in [4.78, 5) is 17.0. The number of halogens is 1. The second-order valence-electron chi connectivity index (χ2n) is 3.40. The number of rotatable bonds is 4. The predicted octanol–water partition coefficient (Wildman–Crippen LogP) is 1.23. The number of carbonyl (C=O) groups is 1. The van der Waals surface area contributed by atoms with Crippen molar-refractivity contribution in [3.63, 3.8) is 0 Å². The molecular weight excluding hydrogens is 306 g/mol. The molecule has 0 saturated carbocycles. The highest BCUT2D eigenvalue weighted by Gasteiger charge is 2.28. The first-order chi connectivity index (χ1) is 7.70. The van der Waals surface area contributed by atoms with Crippen LogP contribution in [0.5, 0.6) is 0 Å². The number of primary amides is 1. The van der Waals surface area contributed by atoms with Crippen molar-refractivity contribution in [2.24, 2.45) is 10.7 Å². The SMILES string of the molecule is Br.CSC1N=C2C(=CC=CN2CCC(N)=O)O1. The Morgan fingerprint density at radius 2 is 2.47 bits per heavy atom. The van der Waals surface area contributed by atoms with Crippen LogP contribution in [0.25, 0.3) is 0 Å². The minimum Gasteiger partial charge on any atom is -0.455 e. The van der Waals surface area contributed by atoms with Gasteiger partial charge in [-0.15, -0.1) is 17.0 Å². The van der Waals surface area contributed by atoms with E-state index in [1.54, 1.807) is 0 Å². The van der Waals surface area contributed by atoms with E-state index in [2.05, 4.69) is 4.99 Å². The van der Waals surface area contributed by atoms with Crippen LogP contribution in [-0.2, 0) is 9.53 Å². The molecule has 0 bridgehead atoms. The average molecular weight is 320 g/mol. The predicted molar refractivity (Wildman–Crippen MR) is 73.9 cm³/mol. The fraction of sp³-hybridized carbons (Fsp3) is 0.400. The van der Waals surface area contributed by atoms with Crippen molar-refractivity contribution in [1.82, 2.24) is 4.90 Å². The Labute approximate surface area is 115 Å². The highest BCUT2D eigenvalue weighted by Crippen LogP contribution is 2.27. The lowest BCUT2D eigenvalue weighted by molar-refractivity contribution is -0.118. The van der Waals surface area contributed by atoms with Gasteiger partial charge in [0.2, 0.25) is 11.5 Å². The lowest BCUT2D eigenvalue weighted by Gasteiger charge is -2.21. The number of nitrogens with two attached hydrogens (primary N) is 1. The maximum Gasteiger partial charge on any atom is 0.240 e. The van der Waals surface area contributed by atoms with Crippen LogP contribution in [0.4, 0.5) is 0 Å². The van der Waals surface area contributed by atoms with Gasteiger partial charge in [-0.05, 0) is 18.4 Å². The molecule has 0 aliphatic carbocycles. The van der Waals surface area contributed by atoms with Gasteiger partial charge in [-0.1, -0.05) is 11.8 Å². The number of carbonyl (C=O) groups excluding carboxylic acids is 1. The molecule has 1 unspecified atom stereocenters. The third-order valence-electron chi connectivity index (χ3n) is 2.26. The lowest BCUT2D eigenvalue weighted by Crippen LogP contribution is -2.31. The normalized spacial score (nSPS) is 21.0. The molecule has 1 atom stereocenters. The topological polar surface area (TPSA) is 67.9 Å². The first kappa shape index (κ1) is 14.1. The molecule has 94 valence electrons. The molecule has 5 nitrogen and oxygen atoms in total. The molecule has 2 aliphatic rings. The smallest absolute Gasteiger partial charge is 0.240 e. The summed E-state index contributed by atoms with van der Waals surface area (Å²) in [6.45, 7) is 0.534. The van der Waals surface area contributed by atoms with Crippen LogP contribution in [0.3, 0.4) is 0 Å². The zero-order chi connectivity index (χ0) is 11.5. The molecule has 0 fully saturated rings. The number of nitrogens with zero attached hydrogens (tertiary/aromatic N) is 2. The Hall–Kier alpha value is -0.950. The third-order valence-corrected chi connectivity index (χ3v) is 2.87. The second kappa shape index (κ2) is 6.11. The van der Waals surface area contributed by atoms with E-state index in [1.807, 2.05) is 29.5 Å². The van der Waals surface area contributed by atoms with E-state index in [0.29, 0.717) is 13.0 Å². The van der Waals surface area contributed by atoms with Gasteiger partial charge in [-0.2, -0.15) is 0 Å². The Bertz CT molecular complexity index is 395. The van der Waals surface area contributed by atoms with Gasteiger partial charge in [-0.25, -0.2) is 4.99 Å². The van der Waals surface area contributed by atoms with Crippen LogP contribution in [0.15, 0.2) is 29.1 Å². The van der Waals surface area contributed by atoms with E-state index in [1.165, 1.54) is 11.8 Å². The molecule has 2 N–H and O–H groups in total. The van der Waals surface area contributed by atoms with Gasteiger partial charge in [-0.3, -0.25) is 4.79 Å². The second-order valence-corrected chi connectivity index (χ2v) is 4.27. The molecule has 1 amide bonds. The zero-order valence-corrected chi connectivity index (χ0v) is 11.9. The number of ether oxygens (including phenoxy) is 1. The van der Waals surface area contributed by atoms with Gasteiger partial charge >= 0.3 is 0 Å². The average Bonchev–Trinajstić information content (AvgIpc) is 2.69. The van der Waals surface area contributed by atoms with E-state index in [0.717, 1.165) is 11.6 Å². The minimum atomic E-state index is -0.314. The van der Waals surface area contributed by atoms with E-state index >= 15 is 0 Å². The summed E-state index contributed by atoms with van der Waals surface area (Å²) in [5.41, 5.74) is 4.94. The van der Waals surface area contributed by atoms with Crippen molar-refractivity contribution < 1.29 is 9.53 Å². The summed E-state index contributed by atoms with van der Waals surface area (Å²) in [6.07, 6.45) is 7.86. The summed E-state index contributed by atoms with van der Waals surface area (Å²) >= 11 is 1.53. The number of amides is 1. The number of allylic oxidation sites excluding steroid dienone is 2. The Kier molecular flexibility index (Phi) is 5.07. The number of hydrogen-bond acceptors (Lipinski definition) is 5. The summed E-state index contributed by atoms with van der Waals surface area (Å²) in [5, 5.41) is 0. The summed E-state index contributed by atoms with van der Waals surface area (Å²) < 4.78 is 5.56. The van der Waals surface area contributed by atoms with Crippen molar-refractivity contribution in [1.29, 1.82) is 0 Å². The minimum absolute atomic E-state index is 0. The molecule has 7 heteroatoms. The Morgan fingerprint density at radius 3 is 3.12 bits per heavy atom. The number of thioether (sulfide) groups is 1. The molecule has 2 heterocycles. The van der Waals surface area contributed by atoms with Crippen LogP contribution >= 0.6 is 28.7 Å². The fourth-order valence-electron chi connectivity index (χ4n) is 1.50. The van der Waals surface area contributed by atoms with E-state index in [-0.39, 0.29) is 28.4 Å². The standard InChI is InChI=1S/C10H13N3O2S.BrH/c1-16-10-12-9-7(15-10)3-2-5-13(9)6-4-8(11)14;/h2-3,5,10H,4,6H2,1H3,(H2,11,14);1H. The number of amidine groups is 1. The van der Waals surface area contributed by atoms with Crippen molar-refractivity contribution >= 4 is 40.5 Å². The third kappa shape index (κ3) is 3.26. The van der Waals surface area contributed by atoms with Gasteiger partial charge in [0.05, 0.1) is 0 Å². The van der Waals surface area contributed by atoms with Crippen LogP contribution < -0.4 is 5.73 Å². The Morgan fingerprint density at radius 1 is 1.71 bits per heavy atom. The van der Waals surface area contributed by atoms with Gasteiger partial charge in [0.15, 0.2) is 11.6 Å². The summed E-state index contributed by atoms with van der Waals surface area (Å²) in [6, 6.07) is 0. The highest BCUT2D eigenvalue weighted by atomic mass is 79.9. The molecule has 0 aromatic carbocycles. The lowest BCUT2D eigenvalue weighted by atomic mass is 10.2. The van der Waals surface area contributed by atoms with E-state index in [4.69, 9.17) is 10.5 Å².